The van der Waals surface area contributed by atoms with E-state index in [1.807, 2.05) is 11.3 Å². The van der Waals surface area contributed by atoms with E-state index in [9.17, 15) is 4.79 Å². The summed E-state index contributed by atoms with van der Waals surface area (Å²) in [5.74, 6) is 1.25. The highest BCUT2D eigenvalue weighted by molar-refractivity contribution is 14.0. The molecule has 8 heteroatoms. The molecule has 0 bridgehead atoms. The van der Waals surface area contributed by atoms with Gasteiger partial charge in [-0.2, -0.15) is 0 Å². The number of thiophene rings is 1. The molecular formula is C18H30IN5OS. The quantitative estimate of drug-likeness (QED) is 0.226. The molecule has 6 nitrogen and oxygen atoms in total. The summed E-state index contributed by atoms with van der Waals surface area (Å²) in [6.07, 6.45) is 4.66. The van der Waals surface area contributed by atoms with E-state index in [4.69, 9.17) is 0 Å². The molecule has 1 unspecified atom stereocenters. The lowest BCUT2D eigenvalue weighted by Gasteiger charge is -2.27. The largest absolute Gasteiger partial charge is 0.355 e. The Morgan fingerprint density at radius 2 is 2.00 bits per heavy atom. The zero-order valence-corrected chi connectivity index (χ0v) is 18.5. The van der Waals surface area contributed by atoms with Crippen molar-refractivity contribution in [2.75, 3.05) is 39.8 Å². The van der Waals surface area contributed by atoms with Crippen LogP contribution in [-0.2, 0) is 4.79 Å². The van der Waals surface area contributed by atoms with Crippen molar-refractivity contribution in [2.45, 2.75) is 31.7 Å². The number of hydrogen-bond acceptors (Lipinski definition) is 4. The van der Waals surface area contributed by atoms with Gasteiger partial charge in [0.15, 0.2) is 5.96 Å². The van der Waals surface area contributed by atoms with Gasteiger partial charge in [0.25, 0.3) is 0 Å². The molecule has 2 fully saturated rings. The van der Waals surface area contributed by atoms with Gasteiger partial charge in [-0.05, 0) is 50.2 Å². The minimum absolute atomic E-state index is 0. The summed E-state index contributed by atoms with van der Waals surface area (Å²) in [5, 5.41) is 11.8. The van der Waals surface area contributed by atoms with Crippen LogP contribution in [0.5, 0.6) is 0 Å². The van der Waals surface area contributed by atoms with E-state index in [1.165, 1.54) is 30.8 Å². The topological polar surface area (TPSA) is 68.8 Å². The Labute approximate surface area is 177 Å². The smallest absolute Gasteiger partial charge is 0.223 e. The van der Waals surface area contributed by atoms with Gasteiger partial charge in [0, 0.05) is 37.5 Å². The Morgan fingerprint density at radius 3 is 2.62 bits per heavy atom. The first-order valence-corrected chi connectivity index (χ1v) is 10.2. The summed E-state index contributed by atoms with van der Waals surface area (Å²) < 4.78 is 0. The molecule has 146 valence electrons. The second kappa shape index (κ2) is 11.1. The minimum Gasteiger partial charge on any atom is -0.355 e. The van der Waals surface area contributed by atoms with Crippen LogP contribution in [0.4, 0.5) is 0 Å². The van der Waals surface area contributed by atoms with Crippen LogP contribution in [0.3, 0.4) is 0 Å². The van der Waals surface area contributed by atoms with Gasteiger partial charge in [0.05, 0.1) is 6.04 Å². The monoisotopic (exact) mass is 491 g/mol. The molecule has 2 heterocycles. The maximum absolute atomic E-state index is 11.6. The van der Waals surface area contributed by atoms with E-state index < -0.39 is 0 Å². The van der Waals surface area contributed by atoms with Crippen LogP contribution < -0.4 is 16.0 Å². The molecule has 3 N–H and O–H groups in total. The first-order valence-electron chi connectivity index (χ1n) is 9.27. The maximum atomic E-state index is 11.6. The summed E-state index contributed by atoms with van der Waals surface area (Å²) in [5.41, 5.74) is 0. The molecule has 1 atom stereocenters. The van der Waals surface area contributed by atoms with E-state index in [0.29, 0.717) is 19.1 Å². The fourth-order valence-electron chi connectivity index (χ4n) is 3.21. The summed E-state index contributed by atoms with van der Waals surface area (Å²) >= 11 is 1.82. The predicted molar refractivity (Wildman–Crippen MR) is 118 cm³/mol. The third-order valence-electron chi connectivity index (χ3n) is 4.80. The summed E-state index contributed by atoms with van der Waals surface area (Å²) in [7, 11) is 1.79. The SMILES string of the molecule is CN=C(NCCNC(=O)C1CC1)NCC(c1cccs1)N1CCCC1.I. The number of hydrogen-bond donors (Lipinski definition) is 3. The van der Waals surface area contributed by atoms with Gasteiger partial charge in [-0.1, -0.05) is 6.07 Å². The molecule has 1 aromatic rings. The molecule has 1 aliphatic carbocycles. The molecule has 3 rings (SSSR count). The fraction of sp³-hybridized carbons (Fsp3) is 0.667. The Bertz CT molecular complexity index is 570. The summed E-state index contributed by atoms with van der Waals surface area (Å²) in [4.78, 5) is 19.9. The average Bonchev–Trinajstić information content (AvgIpc) is 3.10. The lowest BCUT2D eigenvalue weighted by molar-refractivity contribution is -0.122. The van der Waals surface area contributed by atoms with Crippen LogP contribution in [0.15, 0.2) is 22.5 Å². The van der Waals surface area contributed by atoms with E-state index in [1.54, 1.807) is 7.05 Å². The number of halogens is 1. The van der Waals surface area contributed by atoms with Crippen molar-refractivity contribution in [3.63, 3.8) is 0 Å². The molecule has 0 spiro atoms. The predicted octanol–water partition coefficient (Wildman–Crippen LogP) is 2.19. The molecule has 0 aromatic carbocycles. The zero-order valence-electron chi connectivity index (χ0n) is 15.4. The van der Waals surface area contributed by atoms with Crippen molar-refractivity contribution >= 4 is 47.2 Å². The number of carbonyl (C=O) groups is 1. The highest BCUT2D eigenvalue weighted by Gasteiger charge is 2.29. The van der Waals surface area contributed by atoms with Crippen LogP contribution in [-0.4, -0.2) is 56.5 Å². The molecule has 1 aromatic heterocycles. The molecule has 2 aliphatic rings. The summed E-state index contributed by atoms with van der Waals surface area (Å²) in [6.45, 7) is 4.50. The van der Waals surface area contributed by atoms with Crippen LogP contribution in [0.2, 0.25) is 0 Å². The van der Waals surface area contributed by atoms with Gasteiger partial charge < -0.3 is 16.0 Å². The minimum atomic E-state index is 0. The van der Waals surface area contributed by atoms with Crippen molar-refractivity contribution in [3.8, 4) is 0 Å². The van der Waals surface area contributed by atoms with Crippen LogP contribution in [0, 0.1) is 5.92 Å². The number of nitrogens with one attached hydrogen (secondary N) is 3. The lowest BCUT2D eigenvalue weighted by Crippen LogP contribution is -2.44. The number of carbonyl (C=O) groups excluding carboxylic acids is 1. The normalized spacial score (nSPS) is 18.9. The Morgan fingerprint density at radius 1 is 1.27 bits per heavy atom. The maximum Gasteiger partial charge on any atom is 0.223 e. The van der Waals surface area contributed by atoms with Crippen molar-refractivity contribution < 1.29 is 4.79 Å². The second-order valence-electron chi connectivity index (χ2n) is 6.72. The van der Waals surface area contributed by atoms with Crippen LogP contribution in [0.1, 0.15) is 36.6 Å². The van der Waals surface area contributed by atoms with Crippen molar-refractivity contribution in [1.29, 1.82) is 0 Å². The molecule has 1 saturated carbocycles. The van der Waals surface area contributed by atoms with Gasteiger partial charge >= 0.3 is 0 Å². The molecule has 1 amide bonds. The molecule has 26 heavy (non-hydrogen) atoms. The molecule has 0 radical (unpaired) electrons. The van der Waals surface area contributed by atoms with Crippen molar-refractivity contribution in [3.05, 3.63) is 22.4 Å². The van der Waals surface area contributed by atoms with E-state index in [2.05, 4.69) is 43.4 Å². The summed E-state index contributed by atoms with van der Waals surface area (Å²) in [6, 6.07) is 4.74. The van der Waals surface area contributed by atoms with Crippen molar-refractivity contribution in [2.24, 2.45) is 10.9 Å². The first-order chi connectivity index (χ1) is 12.3. The molecular weight excluding hydrogens is 461 g/mol. The number of likely N-dealkylation sites (tertiary alicyclic amines) is 1. The van der Waals surface area contributed by atoms with Gasteiger partial charge in [-0.25, -0.2) is 0 Å². The van der Waals surface area contributed by atoms with Crippen LogP contribution >= 0.6 is 35.3 Å². The van der Waals surface area contributed by atoms with E-state index in [-0.39, 0.29) is 35.8 Å². The first kappa shape index (κ1) is 21.4. The second-order valence-corrected chi connectivity index (χ2v) is 7.70. The molecule has 1 saturated heterocycles. The number of rotatable bonds is 8. The van der Waals surface area contributed by atoms with Gasteiger partial charge in [-0.3, -0.25) is 14.7 Å². The van der Waals surface area contributed by atoms with Gasteiger partial charge in [-0.15, -0.1) is 35.3 Å². The molecule has 1 aliphatic heterocycles. The number of guanidine groups is 1. The Balaban J connectivity index is 0.00000243. The van der Waals surface area contributed by atoms with Gasteiger partial charge in [0.2, 0.25) is 5.91 Å². The highest BCUT2D eigenvalue weighted by Crippen LogP contribution is 2.28. The zero-order chi connectivity index (χ0) is 17.5. The number of amides is 1. The fourth-order valence-corrected chi connectivity index (χ4v) is 4.08. The Hall–Kier alpha value is -0.870. The third-order valence-corrected chi connectivity index (χ3v) is 5.78. The number of nitrogens with zero attached hydrogens (tertiary/aromatic N) is 2. The van der Waals surface area contributed by atoms with Gasteiger partial charge in [0.1, 0.15) is 0 Å². The highest BCUT2D eigenvalue weighted by atomic mass is 127. The number of aliphatic imine (C=N–C) groups is 1. The van der Waals surface area contributed by atoms with E-state index in [0.717, 1.165) is 25.3 Å². The lowest BCUT2D eigenvalue weighted by atomic mass is 10.2. The average molecular weight is 491 g/mol. The van der Waals surface area contributed by atoms with Crippen LogP contribution in [0.25, 0.3) is 0 Å². The van der Waals surface area contributed by atoms with Crippen molar-refractivity contribution in [1.82, 2.24) is 20.9 Å². The Kier molecular flexibility index (Phi) is 9.13. The third kappa shape index (κ3) is 6.38. The standard InChI is InChI=1S/C18H29N5OS.HI/c1-19-18(21-9-8-20-17(24)14-6-7-14)22-13-15(16-5-4-12-25-16)23-10-2-3-11-23;/h4-5,12,14-15H,2-3,6-11,13H2,1H3,(H,20,24)(H2,19,21,22);1H. The van der Waals surface area contributed by atoms with E-state index >= 15 is 0 Å².